The lowest BCUT2D eigenvalue weighted by molar-refractivity contribution is -0.151. The Balaban J connectivity index is 1.37. The van der Waals surface area contributed by atoms with Gasteiger partial charge < -0.3 is 14.4 Å². The van der Waals surface area contributed by atoms with Gasteiger partial charge in [-0.15, -0.1) is 0 Å². The first-order valence-corrected chi connectivity index (χ1v) is 11.5. The predicted molar refractivity (Wildman–Crippen MR) is 125 cm³/mol. The van der Waals surface area contributed by atoms with Gasteiger partial charge in [0.1, 0.15) is 0 Å². The number of amides is 3. The Bertz CT molecular complexity index is 1200. The highest BCUT2D eigenvalue weighted by Crippen LogP contribution is 2.31. The minimum absolute atomic E-state index is 0.0744. The molecule has 9 nitrogen and oxygen atoms in total. The summed E-state index contributed by atoms with van der Waals surface area (Å²) in [6.45, 7) is 4.18. The summed E-state index contributed by atoms with van der Waals surface area (Å²) in [7, 11) is 0. The highest BCUT2D eigenvalue weighted by Gasteiger charge is 2.38. The third kappa shape index (κ3) is 4.80. The average molecular weight is 479 g/mol. The van der Waals surface area contributed by atoms with Crippen molar-refractivity contribution in [3.05, 3.63) is 64.7 Å². The zero-order chi connectivity index (χ0) is 25.1. The standard InChI is InChI=1S/C26H26N2O7/c1-3-34-25(32)17-10-12-27(13-11-17)22(29)15-35-26(33)18-8-9-19-20(14-18)24(31)28(23(19)30)21-7-5-4-6-16(21)2/h4-9,14,17H,3,10-13,15H2,1-2H3. The average Bonchev–Trinajstić information content (AvgIpc) is 3.12. The lowest BCUT2D eigenvalue weighted by Gasteiger charge is -2.30. The molecule has 0 atom stereocenters. The van der Waals surface area contributed by atoms with Crippen molar-refractivity contribution in [2.45, 2.75) is 26.7 Å². The Morgan fingerprint density at radius 1 is 0.943 bits per heavy atom. The molecule has 1 saturated heterocycles. The molecule has 2 aromatic carbocycles. The summed E-state index contributed by atoms with van der Waals surface area (Å²) in [5.41, 5.74) is 1.65. The second-order valence-corrected chi connectivity index (χ2v) is 8.48. The normalized spacial score (nSPS) is 15.7. The molecule has 2 heterocycles. The molecule has 0 N–H and O–H groups in total. The molecule has 4 rings (SSSR count). The number of hydrogen-bond acceptors (Lipinski definition) is 7. The first kappa shape index (κ1) is 24.1. The van der Waals surface area contributed by atoms with Crippen LogP contribution in [0.1, 0.15) is 56.4 Å². The number of hydrogen-bond donors (Lipinski definition) is 0. The Morgan fingerprint density at radius 2 is 1.63 bits per heavy atom. The summed E-state index contributed by atoms with van der Waals surface area (Å²) >= 11 is 0. The number of para-hydroxylation sites is 1. The van der Waals surface area contributed by atoms with E-state index in [1.54, 1.807) is 36.9 Å². The van der Waals surface area contributed by atoms with Gasteiger partial charge in [0.15, 0.2) is 6.61 Å². The van der Waals surface area contributed by atoms with Gasteiger partial charge in [0.2, 0.25) is 0 Å². The minimum atomic E-state index is -0.767. The zero-order valence-corrected chi connectivity index (χ0v) is 19.6. The Kier molecular flexibility index (Phi) is 6.95. The number of fused-ring (bicyclic) bond motifs is 1. The van der Waals surface area contributed by atoms with E-state index in [1.165, 1.54) is 18.2 Å². The summed E-state index contributed by atoms with van der Waals surface area (Å²) in [5.74, 6) is -2.59. The lowest BCUT2D eigenvalue weighted by atomic mass is 9.97. The summed E-state index contributed by atoms with van der Waals surface area (Å²) in [6.07, 6.45) is 0.994. The van der Waals surface area contributed by atoms with E-state index in [2.05, 4.69) is 0 Å². The van der Waals surface area contributed by atoms with Gasteiger partial charge in [0.05, 0.1) is 34.9 Å². The third-order valence-corrected chi connectivity index (χ3v) is 6.27. The molecular weight excluding hydrogens is 452 g/mol. The van der Waals surface area contributed by atoms with Crippen LogP contribution < -0.4 is 4.90 Å². The maximum Gasteiger partial charge on any atom is 0.338 e. The van der Waals surface area contributed by atoms with Crippen LogP contribution in [-0.4, -0.2) is 60.9 Å². The molecule has 2 aliphatic rings. The van der Waals surface area contributed by atoms with Gasteiger partial charge in [-0.25, -0.2) is 9.69 Å². The van der Waals surface area contributed by atoms with Crippen LogP contribution in [0.3, 0.4) is 0 Å². The van der Waals surface area contributed by atoms with Crippen LogP contribution in [0.5, 0.6) is 0 Å². The van der Waals surface area contributed by atoms with E-state index in [-0.39, 0.29) is 34.5 Å². The number of imide groups is 1. The maximum atomic E-state index is 13.0. The van der Waals surface area contributed by atoms with Crippen molar-refractivity contribution in [2.75, 3.05) is 31.2 Å². The minimum Gasteiger partial charge on any atom is -0.466 e. The number of aryl methyl sites for hydroxylation is 1. The SMILES string of the molecule is CCOC(=O)C1CCN(C(=O)COC(=O)c2ccc3c(c2)C(=O)N(c2ccccc2C)C3=O)CC1. The second-order valence-electron chi connectivity index (χ2n) is 8.48. The molecule has 2 aliphatic heterocycles. The van der Waals surface area contributed by atoms with E-state index < -0.39 is 24.4 Å². The Labute approximate surface area is 202 Å². The molecule has 0 saturated carbocycles. The topological polar surface area (TPSA) is 110 Å². The fraction of sp³-hybridized carbons (Fsp3) is 0.346. The van der Waals surface area contributed by atoms with Crippen LogP contribution in [0.4, 0.5) is 5.69 Å². The van der Waals surface area contributed by atoms with Crippen LogP contribution in [-0.2, 0) is 19.1 Å². The molecule has 0 spiro atoms. The van der Waals surface area contributed by atoms with Crippen molar-refractivity contribution in [1.29, 1.82) is 0 Å². The second kappa shape index (κ2) is 10.1. The van der Waals surface area contributed by atoms with Crippen molar-refractivity contribution in [3.8, 4) is 0 Å². The van der Waals surface area contributed by atoms with Crippen LogP contribution in [0.25, 0.3) is 0 Å². The van der Waals surface area contributed by atoms with Crippen molar-refractivity contribution in [3.63, 3.8) is 0 Å². The van der Waals surface area contributed by atoms with E-state index in [4.69, 9.17) is 9.47 Å². The molecule has 2 aromatic rings. The van der Waals surface area contributed by atoms with E-state index in [0.717, 1.165) is 10.5 Å². The number of piperidine rings is 1. The Morgan fingerprint density at radius 3 is 2.31 bits per heavy atom. The number of anilines is 1. The summed E-state index contributed by atoms with van der Waals surface area (Å²) < 4.78 is 10.2. The van der Waals surface area contributed by atoms with Crippen LogP contribution in [0.15, 0.2) is 42.5 Å². The fourth-order valence-electron chi connectivity index (χ4n) is 4.33. The van der Waals surface area contributed by atoms with Crippen LogP contribution >= 0.6 is 0 Å². The monoisotopic (exact) mass is 478 g/mol. The molecule has 0 aromatic heterocycles. The van der Waals surface area contributed by atoms with Gasteiger partial charge in [-0.3, -0.25) is 19.2 Å². The van der Waals surface area contributed by atoms with E-state index in [9.17, 15) is 24.0 Å². The largest absolute Gasteiger partial charge is 0.466 e. The molecule has 0 bridgehead atoms. The smallest absolute Gasteiger partial charge is 0.338 e. The molecule has 9 heteroatoms. The fourth-order valence-corrected chi connectivity index (χ4v) is 4.33. The Hall–Kier alpha value is -4.01. The number of carbonyl (C=O) groups is 5. The van der Waals surface area contributed by atoms with Gasteiger partial charge in [-0.1, -0.05) is 18.2 Å². The molecule has 0 unspecified atom stereocenters. The van der Waals surface area contributed by atoms with E-state index in [1.807, 2.05) is 6.07 Å². The first-order chi connectivity index (χ1) is 16.8. The number of rotatable bonds is 6. The number of benzene rings is 2. The van der Waals surface area contributed by atoms with E-state index >= 15 is 0 Å². The molecule has 0 radical (unpaired) electrons. The van der Waals surface area contributed by atoms with E-state index in [0.29, 0.717) is 38.2 Å². The highest BCUT2D eigenvalue weighted by atomic mass is 16.5. The van der Waals surface area contributed by atoms with Gasteiger partial charge in [0.25, 0.3) is 17.7 Å². The summed E-state index contributed by atoms with van der Waals surface area (Å²) in [6, 6.07) is 11.2. The van der Waals surface area contributed by atoms with Gasteiger partial charge >= 0.3 is 11.9 Å². The predicted octanol–water partition coefficient (Wildman–Crippen LogP) is 2.75. The summed E-state index contributed by atoms with van der Waals surface area (Å²) in [5, 5.41) is 0. The number of likely N-dealkylation sites (tertiary alicyclic amines) is 1. The van der Waals surface area contributed by atoms with Gasteiger partial charge in [0, 0.05) is 13.1 Å². The molecular formula is C26H26N2O7. The van der Waals surface area contributed by atoms with Crippen molar-refractivity contribution in [2.24, 2.45) is 5.92 Å². The molecule has 3 amide bonds. The van der Waals surface area contributed by atoms with Crippen molar-refractivity contribution >= 4 is 35.3 Å². The van der Waals surface area contributed by atoms with Gasteiger partial charge in [-0.05, 0) is 56.5 Å². The number of carbonyl (C=O) groups excluding carboxylic acids is 5. The molecule has 182 valence electrons. The number of nitrogens with zero attached hydrogens (tertiary/aromatic N) is 2. The molecule has 0 aliphatic carbocycles. The third-order valence-electron chi connectivity index (χ3n) is 6.27. The lowest BCUT2D eigenvalue weighted by Crippen LogP contribution is -2.42. The maximum absolute atomic E-state index is 13.0. The quantitative estimate of drug-likeness (QED) is 0.464. The van der Waals surface area contributed by atoms with Gasteiger partial charge in [-0.2, -0.15) is 0 Å². The summed E-state index contributed by atoms with van der Waals surface area (Å²) in [4.78, 5) is 65.4. The van der Waals surface area contributed by atoms with Crippen LogP contribution in [0, 0.1) is 12.8 Å². The number of esters is 2. The highest BCUT2D eigenvalue weighted by molar-refractivity contribution is 6.34. The zero-order valence-electron chi connectivity index (χ0n) is 19.6. The van der Waals surface area contributed by atoms with Crippen molar-refractivity contribution < 1.29 is 33.4 Å². The molecule has 1 fully saturated rings. The van der Waals surface area contributed by atoms with Crippen LogP contribution in [0.2, 0.25) is 0 Å². The van der Waals surface area contributed by atoms with Crippen molar-refractivity contribution in [1.82, 2.24) is 4.90 Å². The first-order valence-electron chi connectivity index (χ1n) is 11.5. The number of ether oxygens (including phenoxy) is 2. The molecule has 35 heavy (non-hydrogen) atoms.